The molecule has 0 aliphatic rings. The van der Waals surface area contributed by atoms with Gasteiger partial charge < -0.3 is 4.42 Å². The van der Waals surface area contributed by atoms with Crippen LogP contribution in [0.3, 0.4) is 0 Å². The van der Waals surface area contributed by atoms with E-state index in [4.69, 9.17) is 39.2 Å². The highest BCUT2D eigenvalue weighted by Crippen LogP contribution is 2.32. The molecule has 0 spiro atoms. The van der Waals surface area contributed by atoms with Crippen LogP contribution in [0.1, 0.15) is 5.76 Å². The highest BCUT2D eigenvalue weighted by atomic mass is 35.5. The number of oxazole rings is 1. The van der Waals surface area contributed by atoms with E-state index in [1.54, 1.807) is 25.1 Å². The van der Waals surface area contributed by atoms with E-state index in [0.29, 0.717) is 21.5 Å². The molecule has 2 rings (SSSR count). The number of aromatic nitrogens is 1. The summed E-state index contributed by atoms with van der Waals surface area (Å²) < 4.78 is 5.12. The van der Waals surface area contributed by atoms with Gasteiger partial charge in [-0.15, -0.1) is 0 Å². The van der Waals surface area contributed by atoms with E-state index < -0.39 is 0 Å². The van der Waals surface area contributed by atoms with Crippen molar-refractivity contribution >= 4 is 34.8 Å². The molecule has 0 unspecified atom stereocenters. The van der Waals surface area contributed by atoms with Gasteiger partial charge in [0.2, 0.25) is 0 Å². The zero-order valence-corrected chi connectivity index (χ0v) is 9.99. The topological polar surface area (TPSA) is 26.0 Å². The monoisotopic (exact) mass is 261 g/mol. The van der Waals surface area contributed by atoms with Crippen molar-refractivity contribution in [1.29, 1.82) is 0 Å². The van der Waals surface area contributed by atoms with Gasteiger partial charge in [0, 0.05) is 10.6 Å². The van der Waals surface area contributed by atoms with Crippen LogP contribution in [0.5, 0.6) is 0 Å². The molecule has 1 aromatic carbocycles. The first-order chi connectivity index (χ1) is 7.08. The molecule has 15 heavy (non-hydrogen) atoms. The van der Waals surface area contributed by atoms with Crippen LogP contribution in [0, 0.1) is 6.92 Å². The minimum absolute atomic E-state index is 0.105. The maximum absolute atomic E-state index is 6.04. The summed E-state index contributed by atoms with van der Waals surface area (Å²) in [6.45, 7) is 1.78. The highest BCUT2D eigenvalue weighted by molar-refractivity contribution is 6.36. The van der Waals surface area contributed by atoms with Crippen molar-refractivity contribution < 1.29 is 4.42 Å². The molecule has 0 N–H and O–H groups in total. The predicted octanol–water partition coefficient (Wildman–Crippen LogP) is 4.61. The molecular formula is C10H6Cl3NO. The van der Waals surface area contributed by atoms with Crippen LogP contribution in [0.25, 0.3) is 11.3 Å². The molecular weight excluding hydrogens is 256 g/mol. The van der Waals surface area contributed by atoms with Crippen LogP contribution >= 0.6 is 34.8 Å². The molecule has 78 valence electrons. The van der Waals surface area contributed by atoms with Gasteiger partial charge in [0.1, 0.15) is 11.5 Å². The number of hydrogen-bond acceptors (Lipinski definition) is 2. The molecule has 0 aliphatic heterocycles. The lowest BCUT2D eigenvalue weighted by atomic mass is 10.1. The number of nitrogens with zero attached hydrogens (tertiary/aromatic N) is 1. The second-order valence-corrected chi connectivity index (χ2v) is 4.16. The van der Waals surface area contributed by atoms with E-state index in [0.717, 1.165) is 5.56 Å². The standard InChI is InChI=1S/C10H6Cl3NO/c1-5-9(14-10(13)15-5)7-3-2-6(11)4-8(7)12/h2-4H,1H3. The van der Waals surface area contributed by atoms with Gasteiger partial charge in [0.05, 0.1) is 5.02 Å². The van der Waals surface area contributed by atoms with Gasteiger partial charge in [-0.1, -0.05) is 23.2 Å². The summed E-state index contributed by atoms with van der Waals surface area (Å²) in [5, 5.41) is 1.21. The number of rotatable bonds is 1. The van der Waals surface area contributed by atoms with Crippen LogP contribution in [0.4, 0.5) is 0 Å². The summed E-state index contributed by atoms with van der Waals surface area (Å²) in [4.78, 5) is 4.04. The van der Waals surface area contributed by atoms with Gasteiger partial charge in [-0.2, -0.15) is 4.98 Å². The molecule has 0 bridgehead atoms. The maximum Gasteiger partial charge on any atom is 0.292 e. The van der Waals surface area contributed by atoms with Crippen molar-refractivity contribution in [3.63, 3.8) is 0 Å². The molecule has 0 radical (unpaired) electrons. The molecule has 5 heteroatoms. The van der Waals surface area contributed by atoms with E-state index in [2.05, 4.69) is 4.98 Å². The Morgan fingerprint density at radius 3 is 2.47 bits per heavy atom. The number of hydrogen-bond donors (Lipinski definition) is 0. The number of aryl methyl sites for hydroxylation is 1. The van der Waals surface area contributed by atoms with Crippen molar-refractivity contribution in [2.24, 2.45) is 0 Å². The Balaban J connectivity index is 2.59. The molecule has 0 aliphatic carbocycles. The van der Waals surface area contributed by atoms with E-state index in [1.165, 1.54) is 0 Å². The molecule has 2 aromatic rings. The first kappa shape index (κ1) is 10.8. The molecule has 0 atom stereocenters. The minimum Gasteiger partial charge on any atom is -0.432 e. The smallest absolute Gasteiger partial charge is 0.292 e. The van der Waals surface area contributed by atoms with Crippen LogP contribution in [-0.4, -0.2) is 4.98 Å². The summed E-state index contributed by atoms with van der Waals surface area (Å²) in [7, 11) is 0. The van der Waals surface area contributed by atoms with Gasteiger partial charge in [0.25, 0.3) is 5.35 Å². The van der Waals surface area contributed by atoms with Crippen LogP contribution in [0.15, 0.2) is 22.6 Å². The molecule has 1 heterocycles. The molecule has 0 amide bonds. The zero-order chi connectivity index (χ0) is 11.0. The van der Waals surface area contributed by atoms with Crippen molar-refractivity contribution in [2.45, 2.75) is 6.92 Å². The third kappa shape index (κ3) is 2.12. The molecule has 0 saturated heterocycles. The van der Waals surface area contributed by atoms with Gasteiger partial charge in [-0.3, -0.25) is 0 Å². The summed E-state index contributed by atoms with van der Waals surface area (Å²) in [6, 6.07) is 5.18. The predicted molar refractivity (Wildman–Crippen MR) is 61.7 cm³/mol. The first-order valence-electron chi connectivity index (χ1n) is 4.16. The van der Waals surface area contributed by atoms with Gasteiger partial charge in [-0.25, -0.2) is 0 Å². The van der Waals surface area contributed by atoms with Crippen molar-refractivity contribution in [3.8, 4) is 11.3 Å². The van der Waals surface area contributed by atoms with E-state index in [-0.39, 0.29) is 5.35 Å². The second kappa shape index (κ2) is 4.05. The lowest BCUT2D eigenvalue weighted by Gasteiger charge is -2.01. The Labute approximate surface area is 102 Å². The summed E-state index contributed by atoms with van der Waals surface area (Å²) in [5.41, 5.74) is 1.40. The molecule has 1 aromatic heterocycles. The van der Waals surface area contributed by atoms with Crippen LogP contribution < -0.4 is 0 Å². The van der Waals surface area contributed by atoms with E-state index in [1.807, 2.05) is 0 Å². The summed E-state index contributed by atoms with van der Waals surface area (Å²) in [5.74, 6) is 0.629. The van der Waals surface area contributed by atoms with Gasteiger partial charge in [0.15, 0.2) is 0 Å². The quantitative estimate of drug-likeness (QED) is 0.750. The average Bonchev–Trinajstić information content (AvgIpc) is 2.45. The average molecular weight is 263 g/mol. The van der Waals surface area contributed by atoms with Crippen molar-refractivity contribution in [2.75, 3.05) is 0 Å². The lowest BCUT2D eigenvalue weighted by molar-refractivity contribution is 0.530. The second-order valence-electron chi connectivity index (χ2n) is 3.00. The molecule has 0 fully saturated rings. The number of halogens is 3. The minimum atomic E-state index is 0.105. The van der Waals surface area contributed by atoms with Crippen LogP contribution in [-0.2, 0) is 0 Å². The first-order valence-corrected chi connectivity index (χ1v) is 5.29. The van der Waals surface area contributed by atoms with Gasteiger partial charge >= 0.3 is 0 Å². The van der Waals surface area contributed by atoms with E-state index in [9.17, 15) is 0 Å². The Morgan fingerprint density at radius 2 is 1.93 bits per heavy atom. The van der Waals surface area contributed by atoms with Crippen molar-refractivity contribution in [1.82, 2.24) is 4.98 Å². The Hall–Kier alpha value is -0.700. The third-order valence-corrected chi connectivity index (χ3v) is 2.67. The van der Waals surface area contributed by atoms with Crippen molar-refractivity contribution in [3.05, 3.63) is 39.4 Å². The fraction of sp³-hybridized carbons (Fsp3) is 0.100. The van der Waals surface area contributed by atoms with Gasteiger partial charge in [-0.05, 0) is 36.7 Å². The Kier molecular flexibility index (Phi) is 2.91. The van der Waals surface area contributed by atoms with E-state index >= 15 is 0 Å². The fourth-order valence-corrected chi connectivity index (χ4v) is 1.99. The normalized spacial score (nSPS) is 10.7. The lowest BCUT2D eigenvalue weighted by Crippen LogP contribution is -1.82. The zero-order valence-electron chi connectivity index (χ0n) is 7.72. The molecule has 2 nitrogen and oxygen atoms in total. The summed E-state index contributed by atoms with van der Waals surface area (Å²) in [6.07, 6.45) is 0. The third-order valence-electron chi connectivity index (χ3n) is 1.96. The number of benzene rings is 1. The Bertz CT molecular complexity index is 507. The molecule has 0 saturated carbocycles. The maximum atomic E-state index is 6.04. The fourth-order valence-electron chi connectivity index (χ4n) is 1.30. The SMILES string of the molecule is Cc1oc(Cl)nc1-c1ccc(Cl)cc1Cl. The van der Waals surface area contributed by atoms with Crippen LogP contribution in [0.2, 0.25) is 15.4 Å². The summed E-state index contributed by atoms with van der Waals surface area (Å²) >= 11 is 17.5. The highest BCUT2D eigenvalue weighted by Gasteiger charge is 2.13. The largest absolute Gasteiger partial charge is 0.432 e. The Morgan fingerprint density at radius 1 is 1.20 bits per heavy atom.